The van der Waals surface area contributed by atoms with Crippen molar-refractivity contribution in [3.63, 3.8) is 0 Å². The van der Waals surface area contributed by atoms with Crippen LogP contribution in [0.2, 0.25) is 0 Å². The van der Waals surface area contributed by atoms with Crippen molar-refractivity contribution in [2.75, 3.05) is 6.54 Å². The maximum absolute atomic E-state index is 8.97. The normalized spacial score (nSPS) is 18.6. The van der Waals surface area contributed by atoms with Crippen LogP contribution in [0.4, 0.5) is 0 Å². The Kier molecular flexibility index (Phi) is 3.80. The summed E-state index contributed by atoms with van der Waals surface area (Å²) in [5.74, 6) is 0. The van der Waals surface area contributed by atoms with E-state index in [4.69, 9.17) is 5.26 Å². The molecule has 4 nitrogen and oxygen atoms in total. The Morgan fingerprint density at radius 3 is 3.15 bits per heavy atom. The molecule has 1 fully saturated rings. The summed E-state index contributed by atoms with van der Waals surface area (Å²) in [6.45, 7) is 1.85. The molecule has 1 N–H and O–H groups in total. The van der Waals surface area contributed by atoms with Gasteiger partial charge in [0.1, 0.15) is 0 Å². The van der Waals surface area contributed by atoms with E-state index in [1.54, 1.807) is 0 Å². The molecular formula is C16H18N4. The van der Waals surface area contributed by atoms with Gasteiger partial charge in [-0.05, 0) is 37.1 Å². The molecule has 2 aromatic rings. The van der Waals surface area contributed by atoms with Crippen LogP contribution >= 0.6 is 0 Å². The van der Waals surface area contributed by atoms with Gasteiger partial charge >= 0.3 is 0 Å². The number of benzene rings is 1. The zero-order chi connectivity index (χ0) is 13.8. The third-order valence-corrected chi connectivity index (χ3v) is 3.82. The molecule has 0 bridgehead atoms. The molecule has 1 aromatic heterocycles. The Hall–Kier alpha value is -2.12. The summed E-state index contributed by atoms with van der Waals surface area (Å²) >= 11 is 0. The molecule has 1 unspecified atom stereocenters. The highest BCUT2D eigenvalue weighted by molar-refractivity contribution is 5.33. The van der Waals surface area contributed by atoms with E-state index in [1.165, 1.54) is 25.0 Å². The van der Waals surface area contributed by atoms with Crippen molar-refractivity contribution in [2.45, 2.75) is 31.8 Å². The number of nitriles is 1. The molecule has 1 aliphatic rings. The maximum atomic E-state index is 8.97. The molecule has 0 radical (unpaired) electrons. The van der Waals surface area contributed by atoms with Gasteiger partial charge in [-0.15, -0.1) is 0 Å². The molecule has 0 amide bonds. The fraction of sp³-hybridized carbons (Fsp3) is 0.375. The van der Waals surface area contributed by atoms with Gasteiger partial charge in [0.05, 0.1) is 23.7 Å². The number of aromatic nitrogens is 2. The number of hydrogen-bond donors (Lipinski definition) is 1. The van der Waals surface area contributed by atoms with Gasteiger partial charge in [0.25, 0.3) is 0 Å². The Labute approximate surface area is 119 Å². The van der Waals surface area contributed by atoms with E-state index in [0.29, 0.717) is 11.6 Å². The molecule has 4 heteroatoms. The minimum atomic E-state index is 0.408. The SMILES string of the molecule is N#Cc1cccc(Cn2cncc2C2CCCCN2)c1. The number of imidazole rings is 1. The molecule has 0 saturated carbocycles. The fourth-order valence-electron chi connectivity index (χ4n) is 2.79. The second-order valence-corrected chi connectivity index (χ2v) is 5.26. The first-order valence-electron chi connectivity index (χ1n) is 7.09. The second kappa shape index (κ2) is 5.89. The Balaban J connectivity index is 1.80. The lowest BCUT2D eigenvalue weighted by atomic mass is 10.0. The van der Waals surface area contributed by atoms with Crippen LogP contribution in [0.25, 0.3) is 0 Å². The summed E-state index contributed by atoms with van der Waals surface area (Å²) in [7, 11) is 0. The molecule has 1 saturated heterocycles. The minimum absolute atomic E-state index is 0.408. The van der Waals surface area contributed by atoms with E-state index in [-0.39, 0.29) is 0 Å². The van der Waals surface area contributed by atoms with E-state index >= 15 is 0 Å². The molecule has 20 heavy (non-hydrogen) atoms. The number of piperidine rings is 1. The molecule has 0 spiro atoms. The number of rotatable bonds is 3. The first-order valence-corrected chi connectivity index (χ1v) is 7.09. The Morgan fingerprint density at radius 2 is 2.35 bits per heavy atom. The van der Waals surface area contributed by atoms with Crippen LogP contribution in [0.15, 0.2) is 36.8 Å². The van der Waals surface area contributed by atoms with Crippen LogP contribution in [0.1, 0.15) is 42.1 Å². The lowest BCUT2D eigenvalue weighted by molar-refractivity contribution is 0.396. The van der Waals surface area contributed by atoms with E-state index < -0.39 is 0 Å². The molecule has 1 aliphatic heterocycles. The highest BCUT2D eigenvalue weighted by atomic mass is 15.1. The quantitative estimate of drug-likeness (QED) is 0.929. The van der Waals surface area contributed by atoms with E-state index in [1.807, 2.05) is 30.7 Å². The second-order valence-electron chi connectivity index (χ2n) is 5.26. The van der Waals surface area contributed by atoms with Gasteiger partial charge in [-0.1, -0.05) is 18.6 Å². The van der Waals surface area contributed by atoms with Gasteiger partial charge in [0.2, 0.25) is 0 Å². The van der Waals surface area contributed by atoms with Gasteiger partial charge in [-0.2, -0.15) is 5.26 Å². The smallest absolute Gasteiger partial charge is 0.0991 e. The minimum Gasteiger partial charge on any atom is -0.329 e. The van der Waals surface area contributed by atoms with Crippen molar-refractivity contribution < 1.29 is 0 Å². The largest absolute Gasteiger partial charge is 0.329 e. The molecule has 1 atom stereocenters. The van der Waals surface area contributed by atoms with Crippen molar-refractivity contribution in [1.82, 2.24) is 14.9 Å². The van der Waals surface area contributed by atoms with Gasteiger partial charge in [-0.25, -0.2) is 4.98 Å². The monoisotopic (exact) mass is 266 g/mol. The van der Waals surface area contributed by atoms with Crippen molar-refractivity contribution in [3.05, 3.63) is 53.6 Å². The van der Waals surface area contributed by atoms with Crippen LogP contribution in [-0.2, 0) is 6.54 Å². The van der Waals surface area contributed by atoms with E-state index in [9.17, 15) is 0 Å². The Bertz CT molecular complexity index is 617. The topological polar surface area (TPSA) is 53.6 Å². The predicted octanol–water partition coefficient (Wildman–Crippen LogP) is 2.62. The third-order valence-electron chi connectivity index (χ3n) is 3.82. The average molecular weight is 266 g/mol. The van der Waals surface area contributed by atoms with Crippen molar-refractivity contribution >= 4 is 0 Å². The first kappa shape index (κ1) is 12.9. The summed E-state index contributed by atoms with van der Waals surface area (Å²) in [5, 5.41) is 12.5. The molecule has 1 aromatic carbocycles. The Morgan fingerprint density at radius 1 is 1.40 bits per heavy atom. The predicted molar refractivity (Wildman–Crippen MR) is 77.1 cm³/mol. The summed E-state index contributed by atoms with van der Waals surface area (Å²) in [5.41, 5.74) is 3.09. The van der Waals surface area contributed by atoms with Crippen LogP contribution in [-0.4, -0.2) is 16.1 Å². The third kappa shape index (κ3) is 2.73. The number of nitrogens with one attached hydrogen (secondary N) is 1. The standard InChI is InChI=1S/C16H18N4/c17-9-13-4-3-5-14(8-13)11-20-12-18-10-16(20)15-6-1-2-7-19-15/h3-5,8,10,12,15,19H,1-2,6-7,11H2. The average Bonchev–Trinajstić information content (AvgIpc) is 2.96. The first-order chi connectivity index (χ1) is 9.86. The number of hydrogen-bond acceptors (Lipinski definition) is 3. The van der Waals surface area contributed by atoms with E-state index in [2.05, 4.69) is 27.0 Å². The van der Waals surface area contributed by atoms with Crippen LogP contribution in [0.5, 0.6) is 0 Å². The molecular weight excluding hydrogens is 248 g/mol. The molecule has 2 heterocycles. The molecule has 0 aliphatic carbocycles. The van der Waals surface area contributed by atoms with Crippen LogP contribution < -0.4 is 5.32 Å². The highest BCUT2D eigenvalue weighted by Gasteiger charge is 2.18. The zero-order valence-corrected chi connectivity index (χ0v) is 11.4. The van der Waals surface area contributed by atoms with Gasteiger partial charge in [0.15, 0.2) is 0 Å². The lowest BCUT2D eigenvalue weighted by Crippen LogP contribution is -2.28. The molecule has 102 valence electrons. The maximum Gasteiger partial charge on any atom is 0.0991 e. The molecule has 3 rings (SSSR count). The zero-order valence-electron chi connectivity index (χ0n) is 11.4. The number of nitrogens with zero attached hydrogens (tertiary/aromatic N) is 3. The summed E-state index contributed by atoms with van der Waals surface area (Å²) in [6.07, 6.45) is 7.54. The van der Waals surface area contributed by atoms with Gasteiger partial charge in [0, 0.05) is 18.8 Å². The summed E-state index contributed by atoms with van der Waals surface area (Å²) in [4.78, 5) is 4.29. The summed E-state index contributed by atoms with van der Waals surface area (Å²) in [6, 6.07) is 10.4. The van der Waals surface area contributed by atoms with Crippen molar-refractivity contribution in [1.29, 1.82) is 5.26 Å². The van der Waals surface area contributed by atoms with Crippen molar-refractivity contribution in [2.24, 2.45) is 0 Å². The van der Waals surface area contributed by atoms with Gasteiger partial charge in [-0.3, -0.25) is 0 Å². The van der Waals surface area contributed by atoms with Crippen LogP contribution in [0.3, 0.4) is 0 Å². The fourth-order valence-corrected chi connectivity index (χ4v) is 2.79. The highest BCUT2D eigenvalue weighted by Crippen LogP contribution is 2.23. The van der Waals surface area contributed by atoms with E-state index in [0.717, 1.165) is 18.7 Å². The van der Waals surface area contributed by atoms with Crippen LogP contribution in [0, 0.1) is 11.3 Å². The summed E-state index contributed by atoms with van der Waals surface area (Å²) < 4.78 is 2.18. The lowest BCUT2D eigenvalue weighted by Gasteiger charge is -2.24. The van der Waals surface area contributed by atoms with Crippen molar-refractivity contribution in [3.8, 4) is 6.07 Å². The van der Waals surface area contributed by atoms with Gasteiger partial charge < -0.3 is 9.88 Å².